The summed E-state index contributed by atoms with van der Waals surface area (Å²) in [7, 11) is 0. The molecule has 106 valence electrons. The van der Waals surface area contributed by atoms with Gasteiger partial charge in [-0.2, -0.15) is 0 Å². The maximum atomic E-state index is 6.15. The van der Waals surface area contributed by atoms with Crippen molar-refractivity contribution in [2.45, 2.75) is 31.8 Å². The highest BCUT2D eigenvalue weighted by atomic mass is 35.5. The molecular weight excluding hydrogens is 315 g/mol. The van der Waals surface area contributed by atoms with E-state index in [0.717, 1.165) is 5.92 Å². The molecule has 0 aromatic heterocycles. The first-order valence-electron chi connectivity index (χ1n) is 6.46. The van der Waals surface area contributed by atoms with Gasteiger partial charge in [-0.1, -0.05) is 50.0 Å². The molecule has 0 atom stereocenters. The van der Waals surface area contributed by atoms with Crippen molar-refractivity contribution in [1.82, 2.24) is 0 Å². The highest BCUT2D eigenvalue weighted by Gasteiger charge is 2.38. The molecule has 0 saturated carbocycles. The Bertz CT molecular complexity index is 458. The molecule has 0 nitrogen and oxygen atoms in total. The molecule has 1 fully saturated rings. The van der Waals surface area contributed by atoms with Crippen LogP contribution in [0.1, 0.15) is 33.3 Å². The van der Waals surface area contributed by atoms with E-state index < -0.39 is 0 Å². The van der Waals surface area contributed by atoms with Crippen LogP contribution in [0.3, 0.4) is 0 Å². The van der Waals surface area contributed by atoms with Crippen molar-refractivity contribution >= 4 is 46.7 Å². The van der Waals surface area contributed by atoms with Gasteiger partial charge in [-0.15, -0.1) is 23.5 Å². The van der Waals surface area contributed by atoms with Gasteiger partial charge in [-0.25, -0.2) is 0 Å². The number of halogens is 2. The molecule has 1 heterocycles. The molecule has 0 bridgehead atoms. The van der Waals surface area contributed by atoms with Crippen molar-refractivity contribution < 1.29 is 0 Å². The Morgan fingerprint density at radius 2 is 1.68 bits per heavy atom. The maximum Gasteiger partial charge on any atom is 0.0832 e. The number of hydrogen-bond donors (Lipinski definition) is 0. The van der Waals surface area contributed by atoms with Crippen LogP contribution >= 0.6 is 46.7 Å². The molecule has 1 aliphatic rings. The van der Waals surface area contributed by atoms with Gasteiger partial charge in [0, 0.05) is 0 Å². The van der Waals surface area contributed by atoms with E-state index in [1.807, 2.05) is 35.7 Å². The molecule has 0 aliphatic carbocycles. The van der Waals surface area contributed by atoms with E-state index >= 15 is 0 Å². The molecule has 1 aliphatic heterocycles. The Balaban J connectivity index is 2.15. The largest absolute Gasteiger partial charge is 0.139 e. The van der Waals surface area contributed by atoms with Crippen LogP contribution in [0.2, 0.25) is 10.0 Å². The van der Waals surface area contributed by atoms with Crippen molar-refractivity contribution in [3.05, 3.63) is 33.8 Å². The molecule has 1 saturated heterocycles. The topological polar surface area (TPSA) is 0 Å². The second kappa shape index (κ2) is 5.71. The number of benzene rings is 1. The van der Waals surface area contributed by atoms with Gasteiger partial charge >= 0.3 is 0 Å². The monoisotopic (exact) mass is 334 g/mol. The third kappa shape index (κ3) is 3.58. The van der Waals surface area contributed by atoms with Gasteiger partial charge in [-0.05, 0) is 47.5 Å². The van der Waals surface area contributed by atoms with Crippen LogP contribution in [0.4, 0.5) is 0 Å². The standard InChI is InChI=1S/C15H20Cl2S2/c1-14(2,3)11-8-18-15(4,19-9-11)10-5-6-12(16)13(17)7-10/h5-7,11H,8-9H2,1-4H3. The fraction of sp³-hybridized carbons (Fsp3) is 0.600. The molecule has 19 heavy (non-hydrogen) atoms. The number of rotatable bonds is 1. The van der Waals surface area contributed by atoms with Crippen molar-refractivity contribution in [2.75, 3.05) is 11.5 Å². The summed E-state index contributed by atoms with van der Waals surface area (Å²) < 4.78 is 0.0932. The van der Waals surface area contributed by atoms with Crippen LogP contribution in [-0.4, -0.2) is 11.5 Å². The molecule has 0 unspecified atom stereocenters. The van der Waals surface area contributed by atoms with Gasteiger partial charge in [0.25, 0.3) is 0 Å². The van der Waals surface area contributed by atoms with Crippen molar-refractivity contribution in [1.29, 1.82) is 0 Å². The van der Waals surface area contributed by atoms with E-state index in [9.17, 15) is 0 Å². The van der Waals surface area contributed by atoms with Crippen LogP contribution in [0.25, 0.3) is 0 Å². The van der Waals surface area contributed by atoms with Gasteiger partial charge in [0.05, 0.1) is 14.1 Å². The predicted octanol–water partition coefficient (Wildman–Crippen LogP) is 6.31. The molecule has 0 amide bonds. The van der Waals surface area contributed by atoms with Crippen molar-refractivity contribution in [3.8, 4) is 0 Å². The Morgan fingerprint density at radius 1 is 1.11 bits per heavy atom. The van der Waals surface area contributed by atoms with Crippen LogP contribution in [0.5, 0.6) is 0 Å². The normalized spacial score (nSPS) is 28.4. The average molecular weight is 335 g/mol. The zero-order valence-corrected chi connectivity index (χ0v) is 14.9. The molecule has 1 aromatic rings. The van der Waals surface area contributed by atoms with Gasteiger partial charge in [0.1, 0.15) is 0 Å². The summed E-state index contributed by atoms with van der Waals surface area (Å²) in [5.41, 5.74) is 1.66. The van der Waals surface area contributed by atoms with Crippen molar-refractivity contribution in [3.63, 3.8) is 0 Å². The Kier molecular flexibility index (Phi) is 4.77. The second-order valence-electron chi connectivity index (χ2n) is 6.26. The quantitative estimate of drug-likeness (QED) is 0.590. The highest BCUT2D eigenvalue weighted by molar-refractivity contribution is 8.18. The lowest BCUT2D eigenvalue weighted by atomic mass is 9.83. The first kappa shape index (κ1) is 15.9. The predicted molar refractivity (Wildman–Crippen MR) is 91.7 cm³/mol. The Morgan fingerprint density at radius 3 is 2.16 bits per heavy atom. The molecule has 4 heteroatoms. The van der Waals surface area contributed by atoms with Gasteiger partial charge in [0.2, 0.25) is 0 Å². The summed E-state index contributed by atoms with van der Waals surface area (Å²) in [5, 5.41) is 1.28. The fourth-order valence-corrected chi connectivity index (χ4v) is 6.10. The van der Waals surface area contributed by atoms with E-state index in [0.29, 0.717) is 15.5 Å². The smallest absolute Gasteiger partial charge is 0.0832 e. The highest BCUT2D eigenvalue weighted by Crippen LogP contribution is 2.54. The van der Waals surface area contributed by atoms with Crippen LogP contribution in [-0.2, 0) is 4.08 Å². The fourth-order valence-electron chi connectivity index (χ4n) is 2.05. The Labute approximate surface area is 135 Å². The third-order valence-corrected chi connectivity index (χ3v) is 7.95. The minimum Gasteiger partial charge on any atom is -0.139 e. The van der Waals surface area contributed by atoms with Gasteiger partial charge in [0.15, 0.2) is 0 Å². The molecule has 2 rings (SSSR count). The minimum absolute atomic E-state index is 0.0932. The SMILES string of the molecule is CC1(c2ccc(Cl)c(Cl)c2)SCC(C(C)(C)C)CS1. The lowest BCUT2D eigenvalue weighted by Crippen LogP contribution is -2.32. The van der Waals surface area contributed by atoms with Gasteiger partial charge < -0.3 is 0 Å². The summed E-state index contributed by atoms with van der Waals surface area (Å²) in [4.78, 5) is 0. The minimum atomic E-state index is 0.0932. The first-order valence-corrected chi connectivity index (χ1v) is 9.18. The summed E-state index contributed by atoms with van der Waals surface area (Å²) >= 11 is 16.2. The molecular formula is C15H20Cl2S2. The number of thioether (sulfide) groups is 2. The van der Waals surface area contributed by atoms with E-state index in [1.165, 1.54) is 17.1 Å². The van der Waals surface area contributed by atoms with Crippen LogP contribution in [0.15, 0.2) is 18.2 Å². The molecule has 1 aromatic carbocycles. The third-order valence-electron chi connectivity index (χ3n) is 3.79. The van der Waals surface area contributed by atoms with E-state index in [-0.39, 0.29) is 4.08 Å². The maximum absolute atomic E-state index is 6.15. The first-order chi connectivity index (χ1) is 8.72. The average Bonchev–Trinajstić information content (AvgIpc) is 2.32. The zero-order chi connectivity index (χ0) is 14.3. The molecule has 0 spiro atoms. The van der Waals surface area contributed by atoms with Crippen LogP contribution < -0.4 is 0 Å². The summed E-state index contributed by atoms with van der Waals surface area (Å²) in [6, 6.07) is 6.02. The summed E-state index contributed by atoms with van der Waals surface area (Å²) in [6.07, 6.45) is 0. The van der Waals surface area contributed by atoms with E-state index in [4.69, 9.17) is 23.2 Å². The number of hydrogen-bond acceptors (Lipinski definition) is 2. The van der Waals surface area contributed by atoms with Crippen molar-refractivity contribution in [2.24, 2.45) is 11.3 Å². The summed E-state index contributed by atoms with van der Waals surface area (Å²) in [5.74, 6) is 3.17. The van der Waals surface area contributed by atoms with Gasteiger partial charge in [-0.3, -0.25) is 0 Å². The second-order valence-corrected chi connectivity index (χ2v) is 10.2. The van der Waals surface area contributed by atoms with Crippen LogP contribution in [0, 0.1) is 11.3 Å². The molecule has 0 radical (unpaired) electrons. The summed E-state index contributed by atoms with van der Waals surface area (Å²) in [6.45, 7) is 9.29. The lowest BCUT2D eigenvalue weighted by Gasteiger charge is -2.41. The molecule has 0 N–H and O–H groups in total. The van der Waals surface area contributed by atoms with E-state index in [2.05, 4.69) is 33.8 Å². The lowest BCUT2D eigenvalue weighted by molar-refractivity contribution is 0.292. The Hall–Kier alpha value is 0.500. The zero-order valence-electron chi connectivity index (χ0n) is 11.8. The van der Waals surface area contributed by atoms with E-state index in [1.54, 1.807) is 0 Å².